The zero-order valence-corrected chi connectivity index (χ0v) is 16.8. The van der Waals surface area contributed by atoms with Gasteiger partial charge in [0.05, 0.1) is 17.6 Å². The SMILES string of the molecule is COC(=O)NS(=O)(=O)c1ccc(NC(=O)Cn2ccc3ccc(C(F)(F)F)cc32)cc1.[HH].[HH]. The van der Waals surface area contributed by atoms with Crippen molar-refractivity contribution in [1.82, 2.24) is 9.29 Å². The molecule has 0 bridgehead atoms. The van der Waals surface area contributed by atoms with Crippen LogP contribution in [0.5, 0.6) is 0 Å². The summed E-state index contributed by atoms with van der Waals surface area (Å²) >= 11 is 0. The highest BCUT2D eigenvalue weighted by Gasteiger charge is 2.30. The molecule has 1 aromatic heterocycles. The van der Waals surface area contributed by atoms with Crippen molar-refractivity contribution >= 4 is 38.6 Å². The van der Waals surface area contributed by atoms with Crippen LogP contribution in [-0.2, 0) is 32.3 Å². The highest BCUT2D eigenvalue weighted by Crippen LogP contribution is 2.31. The smallest absolute Gasteiger partial charge is 0.420 e. The van der Waals surface area contributed by atoms with Gasteiger partial charge in [-0.2, -0.15) is 13.2 Å². The van der Waals surface area contributed by atoms with E-state index in [2.05, 4.69) is 10.1 Å². The first-order chi connectivity index (χ1) is 14.5. The maximum atomic E-state index is 12.9. The summed E-state index contributed by atoms with van der Waals surface area (Å²) in [5, 5.41) is 3.08. The van der Waals surface area contributed by atoms with E-state index >= 15 is 0 Å². The molecule has 2 aromatic carbocycles. The zero-order chi connectivity index (χ0) is 22.8. The fourth-order valence-corrected chi connectivity index (χ4v) is 3.70. The minimum atomic E-state index is -4.50. The van der Waals surface area contributed by atoms with Gasteiger partial charge < -0.3 is 14.6 Å². The maximum Gasteiger partial charge on any atom is 0.420 e. The number of rotatable bonds is 5. The molecule has 0 radical (unpaired) electrons. The fourth-order valence-electron chi connectivity index (χ4n) is 2.78. The summed E-state index contributed by atoms with van der Waals surface area (Å²) in [4.78, 5) is 23.2. The predicted octanol–water partition coefficient (Wildman–Crippen LogP) is 3.84. The Morgan fingerprint density at radius 1 is 1.10 bits per heavy atom. The van der Waals surface area contributed by atoms with Gasteiger partial charge in [-0.1, -0.05) is 6.07 Å². The van der Waals surface area contributed by atoms with Gasteiger partial charge >= 0.3 is 12.3 Å². The van der Waals surface area contributed by atoms with Crippen molar-refractivity contribution in [3.05, 3.63) is 60.3 Å². The van der Waals surface area contributed by atoms with Crippen LogP contribution in [0.2, 0.25) is 0 Å². The van der Waals surface area contributed by atoms with E-state index in [4.69, 9.17) is 0 Å². The van der Waals surface area contributed by atoms with Gasteiger partial charge in [0.2, 0.25) is 5.91 Å². The van der Waals surface area contributed by atoms with Crippen molar-refractivity contribution in [3.63, 3.8) is 0 Å². The van der Waals surface area contributed by atoms with Crippen LogP contribution in [0, 0.1) is 0 Å². The van der Waals surface area contributed by atoms with Crippen LogP contribution < -0.4 is 10.0 Å². The summed E-state index contributed by atoms with van der Waals surface area (Å²) in [6.07, 6.45) is -4.15. The zero-order valence-electron chi connectivity index (χ0n) is 15.9. The molecule has 0 aliphatic rings. The predicted molar refractivity (Wildman–Crippen MR) is 109 cm³/mol. The third kappa shape index (κ3) is 5.15. The van der Waals surface area contributed by atoms with E-state index in [1.807, 2.05) is 0 Å². The normalized spacial score (nSPS) is 11.9. The number of hydrogen-bond acceptors (Lipinski definition) is 5. The number of fused-ring (bicyclic) bond motifs is 1. The lowest BCUT2D eigenvalue weighted by molar-refractivity contribution is -0.137. The second-order valence-corrected chi connectivity index (χ2v) is 8.07. The number of carbonyl (C=O) groups excluding carboxylic acids is 2. The number of nitrogens with zero attached hydrogens (tertiary/aromatic N) is 1. The van der Waals surface area contributed by atoms with Crippen molar-refractivity contribution in [2.75, 3.05) is 12.4 Å². The second-order valence-electron chi connectivity index (χ2n) is 6.38. The Bertz CT molecular complexity index is 1250. The molecule has 1 heterocycles. The van der Waals surface area contributed by atoms with Crippen molar-refractivity contribution in [1.29, 1.82) is 0 Å². The van der Waals surface area contributed by atoms with Gasteiger partial charge in [-0.05, 0) is 47.9 Å². The molecule has 8 nitrogen and oxygen atoms in total. The molecule has 0 atom stereocenters. The number of anilines is 1. The first kappa shape index (κ1) is 22.2. The summed E-state index contributed by atoms with van der Waals surface area (Å²) in [5.74, 6) is -0.529. The lowest BCUT2D eigenvalue weighted by Crippen LogP contribution is -2.30. The van der Waals surface area contributed by atoms with Gasteiger partial charge in [-0.15, -0.1) is 0 Å². The Hall–Kier alpha value is -3.54. The van der Waals surface area contributed by atoms with Crippen LogP contribution >= 0.6 is 0 Å². The lowest BCUT2D eigenvalue weighted by atomic mass is 10.1. The molecule has 0 aliphatic carbocycles. The maximum absolute atomic E-state index is 12.9. The van der Waals surface area contributed by atoms with E-state index < -0.39 is 33.8 Å². The van der Waals surface area contributed by atoms with Gasteiger partial charge in [0.15, 0.2) is 0 Å². The van der Waals surface area contributed by atoms with Crippen LogP contribution in [-0.4, -0.2) is 32.1 Å². The monoisotopic (exact) mass is 459 g/mol. The van der Waals surface area contributed by atoms with Crippen LogP contribution in [0.1, 0.15) is 8.42 Å². The number of aromatic nitrogens is 1. The lowest BCUT2D eigenvalue weighted by Gasteiger charge is -2.10. The van der Waals surface area contributed by atoms with E-state index in [1.165, 1.54) is 41.1 Å². The number of amides is 2. The number of nitrogens with one attached hydrogen (secondary N) is 2. The fraction of sp³-hybridized carbons (Fsp3) is 0.158. The van der Waals surface area contributed by atoms with Gasteiger partial charge in [-0.3, -0.25) is 4.79 Å². The first-order valence-corrected chi connectivity index (χ1v) is 10.1. The molecule has 12 heteroatoms. The highest BCUT2D eigenvalue weighted by atomic mass is 32.2. The molecule has 31 heavy (non-hydrogen) atoms. The summed E-state index contributed by atoms with van der Waals surface area (Å²) in [6.45, 7) is -0.255. The molecule has 2 N–H and O–H groups in total. The number of alkyl halides is 3. The number of halogens is 3. The molecule has 168 valence electrons. The van der Waals surface area contributed by atoms with E-state index in [0.717, 1.165) is 19.2 Å². The molecule has 0 unspecified atom stereocenters. The van der Waals surface area contributed by atoms with Gasteiger partial charge in [-0.25, -0.2) is 17.9 Å². The Morgan fingerprint density at radius 3 is 2.39 bits per heavy atom. The molecule has 0 saturated heterocycles. The van der Waals surface area contributed by atoms with E-state index in [1.54, 1.807) is 10.8 Å². The van der Waals surface area contributed by atoms with Crippen molar-refractivity contribution in [3.8, 4) is 0 Å². The van der Waals surface area contributed by atoms with Crippen LogP contribution in [0.3, 0.4) is 0 Å². The number of sulfonamides is 1. The number of benzene rings is 2. The molecular formula is C19H20F3N3O5S. The summed E-state index contributed by atoms with van der Waals surface area (Å²) in [5.41, 5.74) is -0.313. The summed E-state index contributed by atoms with van der Waals surface area (Å²) < 4.78 is 70.1. The van der Waals surface area contributed by atoms with Gasteiger partial charge in [0, 0.05) is 20.3 Å². The van der Waals surface area contributed by atoms with E-state index in [9.17, 15) is 31.2 Å². The molecule has 0 aliphatic heterocycles. The number of methoxy groups -OCH3 is 1. The van der Waals surface area contributed by atoms with E-state index in [-0.39, 0.29) is 25.5 Å². The Balaban J connectivity index is 0.00000272. The van der Waals surface area contributed by atoms with Crippen molar-refractivity contribution < 1.29 is 38.8 Å². The summed E-state index contributed by atoms with van der Waals surface area (Å²) in [6, 6.07) is 9.81. The number of ether oxygens (including phenoxy) is 1. The highest BCUT2D eigenvalue weighted by molar-refractivity contribution is 7.90. The van der Waals surface area contributed by atoms with Crippen LogP contribution in [0.25, 0.3) is 10.9 Å². The van der Waals surface area contributed by atoms with Gasteiger partial charge in [0.1, 0.15) is 6.54 Å². The Labute approximate surface area is 177 Å². The summed E-state index contributed by atoms with van der Waals surface area (Å²) in [7, 11) is -3.12. The molecule has 0 saturated carbocycles. The second kappa shape index (κ2) is 8.30. The van der Waals surface area contributed by atoms with Gasteiger partial charge in [0.25, 0.3) is 10.0 Å². The van der Waals surface area contributed by atoms with Crippen molar-refractivity contribution in [2.45, 2.75) is 17.6 Å². The molecule has 2 amide bonds. The molecule has 3 aromatic rings. The average Bonchev–Trinajstić information content (AvgIpc) is 3.09. The minimum Gasteiger partial charge on any atom is -0.452 e. The van der Waals surface area contributed by atoms with Crippen LogP contribution in [0.4, 0.5) is 23.7 Å². The third-order valence-corrected chi connectivity index (χ3v) is 5.59. The Kier molecular flexibility index (Phi) is 5.93. The topological polar surface area (TPSA) is 106 Å². The molecular weight excluding hydrogens is 439 g/mol. The third-order valence-electron chi connectivity index (χ3n) is 4.27. The first-order valence-electron chi connectivity index (χ1n) is 8.66. The van der Waals surface area contributed by atoms with Crippen molar-refractivity contribution in [2.24, 2.45) is 0 Å². The standard InChI is InChI=1S/C19H16F3N3O5S.2H2/c1-30-18(27)24-31(28,29)15-6-4-14(5-7-15)23-17(26)11-25-9-8-12-2-3-13(10-16(12)25)19(20,21)22;;/h2-10H,11H2,1H3,(H,23,26)(H,24,27);2*1H. The molecule has 0 fully saturated rings. The quantitative estimate of drug-likeness (QED) is 0.603. The Morgan fingerprint density at radius 2 is 1.77 bits per heavy atom. The largest absolute Gasteiger partial charge is 0.452 e. The molecule has 3 rings (SSSR count). The number of hydrogen-bond donors (Lipinski definition) is 2. The average molecular weight is 459 g/mol. The van der Waals surface area contributed by atoms with Crippen LogP contribution in [0.15, 0.2) is 59.6 Å². The molecule has 0 spiro atoms. The number of carbonyl (C=O) groups is 2. The minimum absolute atomic E-state index is 0. The van der Waals surface area contributed by atoms with E-state index in [0.29, 0.717) is 5.39 Å².